The molecule has 0 fully saturated rings. The van der Waals surface area contributed by atoms with Gasteiger partial charge in [-0.1, -0.05) is 35.5 Å². The van der Waals surface area contributed by atoms with E-state index in [1.54, 1.807) is 18.3 Å². The minimum absolute atomic E-state index is 0.224. The van der Waals surface area contributed by atoms with Crippen molar-refractivity contribution in [2.24, 2.45) is 0 Å². The highest BCUT2D eigenvalue weighted by Crippen LogP contribution is 2.19. The van der Waals surface area contributed by atoms with Crippen LogP contribution < -0.4 is 10.6 Å². The van der Waals surface area contributed by atoms with Gasteiger partial charge in [0.15, 0.2) is 11.5 Å². The van der Waals surface area contributed by atoms with E-state index < -0.39 is 0 Å². The van der Waals surface area contributed by atoms with E-state index in [1.807, 2.05) is 43.3 Å². The number of aryl methyl sites for hydroxylation is 1. The van der Waals surface area contributed by atoms with Crippen molar-refractivity contribution in [2.45, 2.75) is 13.3 Å². The Hall–Kier alpha value is -3.48. The second-order valence-corrected chi connectivity index (χ2v) is 6.03. The third-order valence-corrected chi connectivity index (χ3v) is 3.87. The van der Waals surface area contributed by atoms with E-state index in [-0.39, 0.29) is 17.5 Å². The Balaban J connectivity index is 1.41. The highest BCUT2D eigenvalue weighted by molar-refractivity contribution is 5.93. The van der Waals surface area contributed by atoms with Gasteiger partial charge < -0.3 is 15.2 Å². The first-order chi connectivity index (χ1) is 13.1. The van der Waals surface area contributed by atoms with Gasteiger partial charge in [0.2, 0.25) is 0 Å². The van der Waals surface area contributed by atoms with Crippen LogP contribution in [0.3, 0.4) is 0 Å². The number of hydrogen-bond donors (Lipinski definition) is 2. The average molecular weight is 364 g/mol. The van der Waals surface area contributed by atoms with Gasteiger partial charge in [0.1, 0.15) is 5.69 Å². The molecule has 0 bridgehead atoms. The predicted octanol–water partition coefficient (Wildman–Crippen LogP) is 2.59. The van der Waals surface area contributed by atoms with Crippen LogP contribution in [0.15, 0.2) is 59.3 Å². The molecule has 3 aromatic rings. The van der Waals surface area contributed by atoms with Gasteiger partial charge in [-0.2, -0.15) is 0 Å². The van der Waals surface area contributed by atoms with Crippen LogP contribution in [-0.4, -0.2) is 35.0 Å². The Kier molecular flexibility index (Phi) is 5.94. The van der Waals surface area contributed by atoms with Crippen LogP contribution in [0.1, 0.15) is 33.0 Å². The second kappa shape index (κ2) is 8.75. The molecule has 0 atom stereocenters. The normalized spacial score (nSPS) is 10.4. The molecule has 2 heterocycles. The standard InChI is InChI=1S/C20H20N4O3/c1-14-8-11-21-16(12-14)19(25)22-9-5-10-23-20(26)17-13-18(27-24-17)15-6-3-2-4-7-15/h2-4,6-8,11-13H,5,9-10H2,1H3,(H,22,25)(H,23,26). The number of benzene rings is 1. The van der Waals surface area contributed by atoms with Crippen molar-refractivity contribution < 1.29 is 14.1 Å². The quantitative estimate of drug-likeness (QED) is 0.628. The molecule has 0 aliphatic heterocycles. The summed E-state index contributed by atoms with van der Waals surface area (Å²) in [6, 6.07) is 14.6. The Morgan fingerprint density at radius 3 is 2.37 bits per heavy atom. The summed E-state index contributed by atoms with van der Waals surface area (Å²) in [5.74, 6) is 0.000284. The van der Waals surface area contributed by atoms with Crippen LogP contribution in [-0.2, 0) is 0 Å². The number of nitrogens with zero attached hydrogens (tertiary/aromatic N) is 2. The SMILES string of the molecule is Cc1ccnc(C(=O)NCCCNC(=O)c2cc(-c3ccccc3)on2)c1. The molecular formula is C20H20N4O3. The molecule has 7 nitrogen and oxygen atoms in total. The van der Waals surface area contributed by atoms with Crippen LogP contribution >= 0.6 is 0 Å². The lowest BCUT2D eigenvalue weighted by atomic mass is 10.1. The maximum Gasteiger partial charge on any atom is 0.273 e. The smallest absolute Gasteiger partial charge is 0.273 e. The first kappa shape index (κ1) is 18.3. The lowest BCUT2D eigenvalue weighted by Gasteiger charge is -2.06. The third kappa shape index (κ3) is 5.01. The van der Waals surface area contributed by atoms with E-state index in [4.69, 9.17) is 4.52 Å². The molecule has 2 amide bonds. The lowest BCUT2D eigenvalue weighted by Crippen LogP contribution is -2.30. The number of pyridine rings is 1. The summed E-state index contributed by atoms with van der Waals surface area (Å²) in [5.41, 5.74) is 2.44. The van der Waals surface area contributed by atoms with Crippen molar-refractivity contribution in [3.8, 4) is 11.3 Å². The summed E-state index contributed by atoms with van der Waals surface area (Å²) in [6.07, 6.45) is 2.19. The summed E-state index contributed by atoms with van der Waals surface area (Å²) >= 11 is 0. The van der Waals surface area contributed by atoms with Crippen molar-refractivity contribution in [3.63, 3.8) is 0 Å². The average Bonchev–Trinajstić information content (AvgIpc) is 3.18. The fourth-order valence-electron chi connectivity index (χ4n) is 2.45. The molecule has 3 rings (SSSR count). The number of rotatable bonds is 7. The zero-order valence-corrected chi connectivity index (χ0v) is 14.9. The van der Waals surface area contributed by atoms with Crippen LogP contribution in [0.25, 0.3) is 11.3 Å². The summed E-state index contributed by atoms with van der Waals surface area (Å²) in [4.78, 5) is 28.1. The van der Waals surface area contributed by atoms with Crippen molar-refractivity contribution in [1.29, 1.82) is 0 Å². The van der Waals surface area contributed by atoms with Gasteiger partial charge in [-0.05, 0) is 31.0 Å². The van der Waals surface area contributed by atoms with Crippen LogP contribution in [0.5, 0.6) is 0 Å². The molecule has 27 heavy (non-hydrogen) atoms. The maximum absolute atomic E-state index is 12.1. The topological polar surface area (TPSA) is 97.1 Å². The number of aromatic nitrogens is 2. The summed E-state index contributed by atoms with van der Waals surface area (Å²) in [7, 11) is 0. The minimum Gasteiger partial charge on any atom is -0.355 e. The van der Waals surface area contributed by atoms with Crippen LogP contribution in [0.2, 0.25) is 0 Å². The fourth-order valence-corrected chi connectivity index (χ4v) is 2.45. The van der Waals surface area contributed by atoms with E-state index in [1.165, 1.54) is 0 Å². The number of carbonyl (C=O) groups is 2. The molecule has 2 N–H and O–H groups in total. The monoisotopic (exact) mass is 364 g/mol. The van der Waals surface area contributed by atoms with E-state index in [9.17, 15) is 9.59 Å². The Morgan fingerprint density at radius 2 is 1.67 bits per heavy atom. The van der Waals surface area contributed by atoms with Gasteiger partial charge in [0, 0.05) is 30.9 Å². The van der Waals surface area contributed by atoms with Crippen LogP contribution in [0.4, 0.5) is 0 Å². The van der Waals surface area contributed by atoms with Crippen molar-refractivity contribution in [1.82, 2.24) is 20.8 Å². The zero-order valence-electron chi connectivity index (χ0n) is 14.9. The van der Waals surface area contributed by atoms with Gasteiger partial charge >= 0.3 is 0 Å². The summed E-state index contributed by atoms with van der Waals surface area (Å²) in [5, 5.41) is 9.34. The summed E-state index contributed by atoms with van der Waals surface area (Å²) in [6.45, 7) is 2.75. The molecule has 2 aromatic heterocycles. The highest BCUT2D eigenvalue weighted by atomic mass is 16.5. The molecule has 0 aliphatic carbocycles. The molecule has 0 spiro atoms. The highest BCUT2D eigenvalue weighted by Gasteiger charge is 2.13. The summed E-state index contributed by atoms with van der Waals surface area (Å²) < 4.78 is 5.21. The minimum atomic E-state index is -0.312. The van der Waals surface area contributed by atoms with E-state index in [0.717, 1.165) is 11.1 Å². The van der Waals surface area contributed by atoms with Gasteiger partial charge in [0.05, 0.1) is 0 Å². The van der Waals surface area contributed by atoms with E-state index >= 15 is 0 Å². The zero-order chi connectivity index (χ0) is 19.1. The lowest BCUT2D eigenvalue weighted by molar-refractivity contribution is 0.0944. The van der Waals surface area contributed by atoms with Crippen molar-refractivity contribution in [3.05, 3.63) is 71.7 Å². The van der Waals surface area contributed by atoms with Crippen molar-refractivity contribution in [2.75, 3.05) is 13.1 Å². The number of hydrogen-bond acceptors (Lipinski definition) is 5. The molecule has 1 aromatic carbocycles. The van der Waals surface area contributed by atoms with Gasteiger partial charge in [-0.3, -0.25) is 14.6 Å². The molecule has 0 radical (unpaired) electrons. The molecular weight excluding hydrogens is 344 g/mol. The number of nitrogens with one attached hydrogen (secondary N) is 2. The Bertz CT molecular complexity index is 922. The second-order valence-electron chi connectivity index (χ2n) is 6.03. The number of amides is 2. The number of carbonyl (C=O) groups excluding carboxylic acids is 2. The Labute approximate surface area is 156 Å². The maximum atomic E-state index is 12.1. The molecule has 7 heteroatoms. The van der Waals surface area contributed by atoms with E-state index in [0.29, 0.717) is 31.0 Å². The van der Waals surface area contributed by atoms with E-state index in [2.05, 4.69) is 20.8 Å². The van der Waals surface area contributed by atoms with Gasteiger partial charge in [-0.15, -0.1) is 0 Å². The predicted molar refractivity (Wildman–Crippen MR) is 100 cm³/mol. The molecule has 138 valence electrons. The first-order valence-electron chi connectivity index (χ1n) is 8.64. The van der Waals surface area contributed by atoms with Crippen LogP contribution in [0, 0.1) is 6.92 Å². The fraction of sp³-hybridized carbons (Fsp3) is 0.200. The first-order valence-corrected chi connectivity index (χ1v) is 8.64. The molecule has 0 aliphatic rings. The van der Waals surface area contributed by atoms with Gasteiger partial charge in [0.25, 0.3) is 11.8 Å². The molecule has 0 unspecified atom stereocenters. The molecule has 0 saturated carbocycles. The Morgan fingerprint density at radius 1 is 0.963 bits per heavy atom. The third-order valence-electron chi connectivity index (χ3n) is 3.87. The van der Waals surface area contributed by atoms with Gasteiger partial charge in [-0.25, -0.2) is 0 Å². The molecule has 0 saturated heterocycles. The van der Waals surface area contributed by atoms with Crippen molar-refractivity contribution >= 4 is 11.8 Å². The largest absolute Gasteiger partial charge is 0.355 e.